The molecular formula is C11H12N2O2S. The lowest BCUT2D eigenvalue weighted by Gasteiger charge is -2.06. The van der Waals surface area contributed by atoms with Crippen molar-refractivity contribution in [2.45, 2.75) is 30.7 Å². The molecule has 1 aromatic carbocycles. The Morgan fingerprint density at radius 2 is 2.12 bits per heavy atom. The molecule has 0 bridgehead atoms. The van der Waals surface area contributed by atoms with E-state index in [0.717, 1.165) is 12.8 Å². The van der Waals surface area contributed by atoms with Crippen LogP contribution >= 0.6 is 0 Å². The van der Waals surface area contributed by atoms with Gasteiger partial charge in [0.1, 0.15) is 0 Å². The Balaban J connectivity index is 2.33. The standard InChI is InChI=1S/C11H12N2O2S/c1-8-6-11(5-2-9(8)7-12)16(14,15)13-10-3-4-10/h2,5-6,10,13H,3-4H2,1H3. The van der Waals surface area contributed by atoms with Gasteiger partial charge in [0.15, 0.2) is 0 Å². The number of aryl methyl sites for hydroxylation is 1. The molecule has 0 saturated heterocycles. The molecule has 0 atom stereocenters. The predicted octanol–water partition coefficient (Wildman–Crippen LogP) is 1.31. The molecule has 4 nitrogen and oxygen atoms in total. The van der Waals surface area contributed by atoms with E-state index in [4.69, 9.17) is 5.26 Å². The van der Waals surface area contributed by atoms with Crippen LogP contribution in [0, 0.1) is 18.3 Å². The second-order valence-electron chi connectivity index (χ2n) is 3.98. The molecule has 1 saturated carbocycles. The van der Waals surface area contributed by atoms with E-state index in [1.54, 1.807) is 6.92 Å². The highest BCUT2D eigenvalue weighted by molar-refractivity contribution is 7.89. The molecule has 1 aliphatic carbocycles. The second kappa shape index (κ2) is 3.89. The molecule has 5 heteroatoms. The van der Waals surface area contributed by atoms with Crippen LogP contribution in [0.2, 0.25) is 0 Å². The van der Waals surface area contributed by atoms with Crippen molar-refractivity contribution in [3.05, 3.63) is 29.3 Å². The van der Waals surface area contributed by atoms with E-state index in [2.05, 4.69) is 4.72 Å². The third-order valence-electron chi connectivity index (χ3n) is 2.53. The highest BCUT2D eigenvalue weighted by atomic mass is 32.2. The normalized spacial score (nSPS) is 15.8. The van der Waals surface area contributed by atoms with Gasteiger partial charge in [-0.25, -0.2) is 13.1 Å². The highest BCUT2D eigenvalue weighted by Crippen LogP contribution is 2.23. The van der Waals surface area contributed by atoms with Crippen molar-refractivity contribution in [3.63, 3.8) is 0 Å². The maximum Gasteiger partial charge on any atom is 0.240 e. The lowest BCUT2D eigenvalue weighted by molar-refractivity contribution is 0.581. The van der Waals surface area contributed by atoms with Crippen molar-refractivity contribution in [2.24, 2.45) is 0 Å². The number of hydrogen-bond donors (Lipinski definition) is 1. The Labute approximate surface area is 95.0 Å². The minimum absolute atomic E-state index is 0.0981. The fourth-order valence-electron chi connectivity index (χ4n) is 1.42. The molecule has 0 radical (unpaired) electrons. The van der Waals surface area contributed by atoms with Gasteiger partial charge in [0.25, 0.3) is 0 Å². The SMILES string of the molecule is Cc1cc(S(=O)(=O)NC2CC2)ccc1C#N. The summed E-state index contributed by atoms with van der Waals surface area (Å²) >= 11 is 0. The number of hydrogen-bond acceptors (Lipinski definition) is 3. The van der Waals surface area contributed by atoms with Crippen LogP contribution in [0.1, 0.15) is 24.0 Å². The van der Waals surface area contributed by atoms with Gasteiger partial charge in [-0.2, -0.15) is 5.26 Å². The molecule has 0 aromatic heterocycles. The first-order valence-corrected chi connectivity index (χ1v) is 6.54. The van der Waals surface area contributed by atoms with Gasteiger partial charge in [-0.1, -0.05) is 0 Å². The summed E-state index contributed by atoms with van der Waals surface area (Å²) < 4.78 is 26.3. The van der Waals surface area contributed by atoms with E-state index in [1.165, 1.54) is 18.2 Å². The van der Waals surface area contributed by atoms with E-state index in [0.29, 0.717) is 11.1 Å². The summed E-state index contributed by atoms with van der Waals surface area (Å²) in [7, 11) is -3.40. The van der Waals surface area contributed by atoms with Crippen molar-refractivity contribution in [3.8, 4) is 6.07 Å². The Kier molecular flexibility index (Phi) is 2.70. The first kappa shape index (κ1) is 11.1. The fraction of sp³-hybridized carbons (Fsp3) is 0.364. The van der Waals surface area contributed by atoms with E-state index >= 15 is 0 Å². The van der Waals surface area contributed by atoms with Crippen molar-refractivity contribution in [1.29, 1.82) is 5.26 Å². The summed E-state index contributed by atoms with van der Waals surface area (Å²) in [5.74, 6) is 0. The summed E-state index contributed by atoms with van der Waals surface area (Å²) in [4.78, 5) is 0.232. The van der Waals surface area contributed by atoms with Crippen LogP contribution in [0.25, 0.3) is 0 Å². The highest BCUT2D eigenvalue weighted by Gasteiger charge is 2.28. The van der Waals surface area contributed by atoms with E-state index < -0.39 is 10.0 Å². The summed E-state index contributed by atoms with van der Waals surface area (Å²) in [5, 5.41) is 8.75. The minimum atomic E-state index is -3.40. The molecular weight excluding hydrogens is 224 g/mol. The fourth-order valence-corrected chi connectivity index (χ4v) is 2.81. The first-order chi connectivity index (χ1) is 7.53. The number of rotatable bonds is 3. The molecule has 1 aromatic rings. The Bertz CT molecular complexity index is 554. The van der Waals surface area contributed by atoms with Gasteiger partial charge in [0, 0.05) is 6.04 Å². The minimum Gasteiger partial charge on any atom is -0.208 e. The smallest absolute Gasteiger partial charge is 0.208 e. The van der Waals surface area contributed by atoms with Crippen LogP contribution in [0.15, 0.2) is 23.1 Å². The first-order valence-electron chi connectivity index (χ1n) is 5.06. The summed E-state index contributed by atoms with van der Waals surface area (Å²) in [6.45, 7) is 1.73. The molecule has 16 heavy (non-hydrogen) atoms. The molecule has 1 aliphatic rings. The average Bonchev–Trinajstić information content (AvgIpc) is 3.01. The summed E-state index contributed by atoms with van der Waals surface area (Å²) in [6, 6.07) is 6.65. The third-order valence-corrected chi connectivity index (χ3v) is 4.05. The Morgan fingerprint density at radius 3 is 2.62 bits per heavy atom. The van der Waals surface area contributed by atoms with Crippen LogP contribution in [0.4, 0.5) is 0 Å². The number of sulfonamides is 1. The molecule has 2 rings (SSSR count). The van der Waals surface area contributed by atoms with Gasteiger partial charge in [0.2, 0.25) is 10.0 Å². The van der Waals surface area contributed by atoms with Gasteiger partial charge >= 0.3 is 0 Å². The molecule has 0 spiro atoms. The second-order valence-corrected chi connectivity index (χ2v) is 5.70. The Hall–Kier alpha value is -1.38. The molecule has 1 fully saturated rings. The van der Waals surface area contributed by atoms with Crippen LogP contribution < -0.4 is 4.72 Å². The van der Waals surface area contributed by atoms with Crippen molar-refractivity contribution >= 4 is 10.0 Å². The van der Waals surface area contributed by atoms with Crippen LogP contribution in [0.5, 0.6) is 0 Å². The largest absolute Gasteiger partial charge is 0.240 e. The third kappa shape index (κ3) is 2.23. The van der Waals surface area contributed by atoms with Gasteiger partial charge < -0.3 is 0 Å². The van der Waals surface area contributed by atoms with Crippen molar-refractivity contribution in [1.82, 2.24) is 4.72 Å². The zero-order valence-corrected chi connectivity index (χ0v) is 9.71. The summed E-state index contributed by atoms with van der Waals surface area (Å²) in [6.07, 6.45) is 1.82. The van der Waals surface area contributed by atoms with E-state index in [1.807, 2.05) is 6.07 Å². The zero-order valence-electron chi connectivity index (χ0n) is 8.90. The molecule has 0 heterocycles. The number of benzene rings is 1. The maximum atomic E-state index is 11.8. The zero-order chi connectivity index (χ0) is 11.8. The van der Waals surface area contributed by atoms with Gasteiger partial charge in [0.05, 0.1) is 16.5 Å². The lowest BCUT2D eigenvalue weighted by atomic mass is 10.1. The maximum absolute atomic E-state index is 11.8. The number of nitrogens with one attached hydrogen (secondary N) is 1. The summed E-state index contributed by atoms with van der Waals surface area (Å²) in [5.41, 5.74) is 1.19. The van der Waals surface area contributed by atoms with Gasteiger partial charge in [-0.3, -0.25) is 0 Å². The predicted molar refractivity (Wildman–Crippen MR) is 59.2 cm³/mol. The monoisotopic (exact) mass is 236 g/mol. The Morgan fingerprint density at radius 1 is 1.44 bits per heavy atom. The lowest BCUT2D eigenvalue weighted by Crippen LogP contribution is -2.25. The van der Waals surface area contributed by atoms with E-state index in [9.17, 15) is 8.42 Å². The van der Waals surface area contributed by atoms with Crippen LogP contribution in [0.3, 0.4) is 0 Å². The molecule has 0 amide bonds. The molecule has 1 N–H and O–H groups in total. The average molecular weight is 236 g/mol. The van der Waals surface area contributed by atoms with Crippen LogP contribution in [-0.2, 0) is 10.0 Å². The van der Waals surface area contributed by atoms with Crippen molar-refractivity contribution in [2.75, 3.05) is 0 Å². The topological polar surface area (TPSA) is 70.0 Å². The van der Waals surface area contributed by atoms with Gasteiger partial charge in [-0.05, 0) is 43.5 Å². The molecule has 84 valence electrons. The quantitative estimate of drug-likeness (QED) is 0.860. The van der Waals surface area contributed by atoms with Gasteiger partial charge in [-0.15, -0.1) is 0 Å². The molecule has 0 unspecified atom stereocenters. The van der Waals surface area contributed by atoms with Crippen LogP contribution in [-0.4, -0.2) is 14.5 Å². The van der Waals surface area contributed by atoms with Crippen molar-refractivity contribution < 1.29 is 8.42 Å². The number of nitriles is 1. The number of nitrogens with zero attached hydrogens (tertiary/aromatic N) is 1. The molecule has 0 aliphatic heterocycles. The van der Waals surface area contributed by atoms with E-state index in [-0.39, 0.29) is 10.9 Å².